The number of carbonyl (C=O) groups excluding carboxylic acids is 3. The van der Waals surface area contributed by atoms with E-state index in [1.807, 2.05) is 6.92 Å². The lowest BCUT2D eigenvalue weighted by molar-refractivity contribution is -0.196. The first-order valence-electron chi connectivity index (χ1n) is 10.6. The van der Waals surface area contributed by atoms with Gasteiger partial charge in [0.15, 0.2) is 17.2 Å². The minimum absolute atomic E-state index is 0.000770. The van der Waals surface area contributed by atoms with E-state index in [0.717, 1.165) is 0 Å². The maximum absolute atomic E-state index is 17.0. The summed E-state index contributed by atoms with van der Waals surface area (Å²) in [5, 5.41) is 20.7. The molecule has 0 aromatic heterocycles. The van der Waals surface area contributed by atoms with Crippen LogP contribution in [0.25, 0.3) is 0 Å². The first kappa shape index (κ1) is 21.4. The molecule has 4 aliphatic rings. The van der Waals surface area contributed by atoms with Crippen molar-refractivity contribution in [3.05, 3.63) is 23.8 Å². The number of methoxy groups -OCH3 is 1. The maximum Gasteiger partial charge on any atom is 0.309 e. The smallest absolute Gasteiger partial charge is 0.309 e. The van der Waals surface area contributed by atoms with Gasteiger partial charge in [-0.15, -0.1) is 0 Å². The summed E-state index contributed by atoms with van der Waals surface area (Å²) in [5.41, 5.74) is -3.29. The number of fused-ring (bicyclic) bond motifs is 5. The van der Waals surface area contributed by atoms with Crippen LogP contribution in [-0.4, -0.2) is 53.2 Å². The monoisotopic (exact) mass is 420 g/mol. The summed E-state index contributed by atoms with van der Waals surface area (Å²) in [5.74, 6) is -3.71. The van der Waals surface area contributed by atoms with Gasteiger partial charge in [-0.25, -0.2) is 4.39 Å². The number of halogens is 1. The first-order valence-corrected chi connectivity index (χ1v) is 10.6. The molecule has 0 aliphatic heterocycles. The minimum atomic E-state index is -2.02. The molecule has 4 rings (SSSR count). The zero-order valence-corrected chi connectivity index (χ0v) is 17.6. The molecule has 0 spiro atoms. The van der Waals surface area contributed by atoms with E-state index in [0.29, 0.717) is 18.4 Å². The Bertz CT molecular complexity index is 864. The van der Waals surface area contributed by atoms with Crippen LogP contribution >= 0.6 is 0 Å². The van der Waals surface area contributed by atoms with Gasteiger partial charge < -0.3 is 14.9 Å². The van der Waals surface area contributed by atoms with Crippen LogP contribution in [-0.2, 0) is 19.1 Å². The Balaban J connectivity index is 1.82. The van der Waals surface area contributed by atoms with Gasteiger partial charge in [0.05, 0.1) is 19.1 Å². The standard InChI is InChI=1S/C23H29FO6/c1-21-10-18(28)23(24)15(5-4-12-8-13(26)6-7-22(12,23)2)16(21)9-14(20(29)30-3)19(21)17(27)11-25/h6-8,14-16,18-19,25,28H,4-5,9-11H2,1-3H3/t14-,15+,16+,18+,19-,21+,22+,23+/m1/s1. The number of alkyl halides is 1. The third-order valence-electron chi connectivity index (χ3n) is 8.70. The second-order valence-electron chi connectivity index (χ2n) is 9.82. The van der Waals surface area contributed by atoms with Crippen LogP contribution in [0.15, 0.2) is 23.8 Å². The normalized spacial score (nSPS) is 47.1. The van der Waals surface area contributed by atoms with Crippen LogP contribution < -0.4 is 0 Å². The summed E-state index contributed by atoms with van der Waals surface area (Å²) in [7, 11) is 1.25. The number of ether oxygens (including phenoxy) is 1. The molecule has 3 fully saturated rings. The van der Waals surface area contributed by atoms with Crippen LogP contribution in [0, 0.1) is 34.5 Å². The highest BCUT2D eigenvalue weighted by atomic mass is 19.1. The van der Waals surface area contributed by atoms with Gasteiger partial charge in [-0.05, 0) is 56.1 Å². The van der Waals surface area contributed by atoms with E-state index < -0.39 is 58.7 Å². The van der Waals surface area contributed by atoms with Gasteiger partial charge in [-0.1, -0.05) is 18.6 Å². The summed E-state index contributed by atoms with van der Waals surface area (Å²) < 4.78 is 21.9. The molecule has 2 N–H and O–H groups in total. The lowest BCUT2D eigenvalue weighted by atomic mass is 9.45. The van der Waals surface area contributed by atoms with E-state index in [2.05, 4.69) is 0 Å². The summed E-state index contributed by atoms with van der Waals surface area (Å²) in [6, 6.07) is 0. The van der Waals surface area contributed by atoms with Crippen molar-refractivity contribution in [2.24, 2.45) is 34.5 Å². The van der Waals surface area contributed by atoms with Crippen molar-refractivity contribution in [1.29, 1.82) is 0 Å². The molecule has 0 aromatic rings. The molecule has 7 heteroatoms. The lowest BCUT2D eigenvalue weighted by Gasteiger charge is -2.61. The molecule has 0 bridgehead atoms. The van der Waals surface area contributed by atoms with Crippen LogP contribution in [0.5, 0.6) is 0 Å². The van der Waals surface area contributed by atoms with Gasteiger partial charge in [0.25, 0.3) is 0 Å². The van der Waals surface area contributed by atoms with Crippen molar-refractivity contribution >= 4 is 17.5 Å². The summed E-state index contributed by atoms with van der Waals surface area (Å²) in [6.45, 7) is 2.84. The van der Waals surface area contributed by atoms with E-state index in [-0.39, 0.29) is 24.5 Å². The fraction of sp³-hybridized carbons (Fsp3) is 0.696. The number of carbonyl (C=O) groups is 3. The number of aliphatic hydroxyl groups excluding tert-OH is 2. The Hall–Kier alpha value is -1.86. The molecule has 0 amide bonds. The molecule has 0 aromatic carbocycles. The first-order chi connectivity index (χ1) is 14.0. The minimum Gasteiger partial charge on any atom is -0.469 e. The molecule has 0 unspecified atom stereocenters. The van der Waals surface area contributed by atoms with Crippen molar-refractivity contribution < 1.29 is 33.7 Å². The number of rotatable bonds is 3. The highest BCUT2D eigenvalue weighted by Crippen LogP contribution is 2.69. The van der Waals surface area contributed by atoms with Crippen molar-refractivity contribution in [3.8, 4) is 0 Å². The van der Waals surface area contributed by atoms with Crippen molar-refractivity contribution in [2.75, 3.05) is 13.7 Å². The van der Waals surface area contributed by atoms with Gasteiger partial charge in [0.2, 0.25) is 0 Å². The van der Waals surface area contributed by atoms with E-state index >= 15 is 4.39 Å². The van der Waals surface area contributed by atoms with Crippen LogP contribution in [0.4, 0.5) is 4.39 Å². The molecule has 0 heterocycles. The van der Waals surface area contributed by atoms with Gasteiger partial charge in [0, 0.05) is 17.3 Å². The van der Waals surface area contributed by atoms with Gasteiger partial charge in [-0.3, -0.25) is 14.4 Å². The maximum atomic E-state index is 17.0. The van der Waals surface area contributed by atoms with Crippen LogP contribution in [0.2, 0.25) is 0 Å². The number of hydrogen-bond acceptors (Lipinski definition) is 6. The number of ketones is 2. The van der Waals surface area contributed by atoms with Crippen molar-refractivity contribution in [2.45, 2.75) is 51.3 Å². The molecule has 164 valence electrons. The van der Waals surface area contributed by atoms with Gasteiger partial charge >= 0.3 is 5.97 Å². The van der Waals surface area contributed by atoms with Crippen LogP contribution in [0.3, 0.4) is 0 Å². The molecule has 8 atom stereocenters. The van der Waals surface area contributed by atoms with Gasteiger partial charge in [-0.2, -0.15) is 0 Å². The molecular weight excluding hydrogens is 391 g/mol. The molecular formula is C23H29FO6. The molecule has 0 saturated heterocycles. The third-order valence-corrected chi connectivity index (χ3v) is 8.70. The number of allylic oxidation sites excluding steroid dienone is 4. The zero-order valence-electron chi connectivity index (χ0n) is 17.6. The Morgan fingerprint density at radius 1 is 1.30 bits per heavy atom. The highest BCUT2D eigenvalue weighted by molar-refractivity contribution is 6.01. The number of esters is 1. The van der Waals surface area contributed by atoms with Crippen molar-refractivity contribution in [1.82, 2.24) is 0 Å². The zero-order chi connectivity index (χ0) is 22.1. The SMILES string of the molecule is COC(=O)[C@@H]1C[C@H]2[C@@H]3CCC4=CC(=O)C=C[C@]4(C)[C@@]3(F)[C@@H](O)C[C@]2(C)[C@H]1C(=O)CO. The molecule has 4 aliphatic carbocycles. The van der Waals surface area contributed by atoms with Crippen molar-refractivity contribution in [3.63, 3.8) is 0 Å². The van der Waals surface area contributed by atoms with Crippen LogP contribution in [0.1, 0.15) is 39.5 Å². The largest absolute Gasteiger partial charge is 0.469 e. The highest BCUT2D eigenvalue weighted by Gasteiger charge is 2.72. The lowest BCUT2D eigenvalue weighted by Crippen LogP contribution is -2.66. The number of aliphatic hydroxyl groups is 2. The summed E-state index contributed by atoms with van der Waals surface area (Å²) in [6.07, 6.45) is 4.25. The van der Waals surface area contributed by atoms with E-state index in [9.17, 15) is 24.6 Å². The average molecular weight is 420 g/mol. The Morgan fingerprint density at radius 2 is 2.00 bits per heavy atom. The predicted octanol–water partition coefficient (Wildman–Crippen LogP) is 1.93. The van der Waals surface area contributed by atoms with E-state index in [4.69, 9.17) is 4.74 Å². The van der Waals surface area contributed by atoms with Gasteiger partial charge in [0.1, 0.15) is 6.61 Å². The summed E-state index contributed by atoms with van der Waals surface area (Å²) in [4.78, 5) is 37.1. The molecule has 6 nitrogen and oxygen atoms in total. The third kappa shape index (κ3) is 2.51. The number of Topliss-reactive ketones (excluding diaryl/α,β-unsaturated/α-hetero) is 1. The molecule has 30 heavy (non-hydrogen) atoms. The Morgan fingerprint density at radius 3 is 2.63 bits per heavy atom. The number of hydrogen-bond donors (Lipinski definition) is 2. The topological polar surface area (TPSA) is 101 Å². The fourth-order valence-electron chi connectivity index (χ4n) is 7.34. The Kier molecular flexibility index (Phi) is 4.86. The second-order valence-corrected chi connectivity index (χ2v) is 9.82. The second kappa shape index (κ2) is 6.82. The molecule has 3 saturated carbocycles. The molecule has 0 radical (unpaired) electrons. The predicted molar refractivity (Wildman–Crippen MR) is 105 cm³/mol. The van der Waals surface area contributed by atoms with E-state index in [1.165, 1.54) is 19.3 Å². The fourth-order valence-corrected chi connectivity index (χ4v) is 7.34. The average Bonchev–Trinajstić information content (AvgIpc) is 3.01. The van der Waals surface area contributed by atoms with E-state index in [1.54, 1.807) is 13.0 Å². The summed E-state index contributed by atoms with van der Waals surface area (Å²) >= 11 is 0. The Labute approximate surface area is 175 Å². The quantitative estimate of drug-likeness (QED) is 0.677.